The van der Waals surface area contributed by atoms with Crippen molar-refractivity contribution in [2.24, 2.45) is 18.7 Å². The molecule has 1 aliphatic heterocycles. The van der Waals surface area contributed by atoms with Crippen molar-refractivity contribution in [2.45, 2.75) is 32.2 Å². The molecule has 0 saturated carbocycles. The van der Waals surface area contributed by atoms with Gasteiger partial charge in [-0.15, -0.1) is 0 Å². The smallest absolute Gasteiger partial charge is 0.0624 e. The number of rotatable bonds is 4. The Balaban J connectivity index is 1.99. The first kappa shape index (κ1) is 12.0. The van der Waals surface area contributed by atoms with Gasteiger partial charge in [0.2, 0.25) is 0 Å². The van der Waals surface area contributed by atoms with Gasteiger partial charge < -0.3 is 5.73 Å². The Morgan fingerprint density at radius 1 is 1.69 bits per heavy atom. The van der Waals surface area contributed by atoms with Crippen LogP contribution in [-0.2, 0) is 19.9 Å². The Kier molecular flexibility index (Phi) is 3.92. The molecular formula is C12H21N3S. The largest absolute Gasteiger partial charge is 0.327 e. The first-order valence-corrected chi connectivity index (χ1v) is 7.21. The molecule has 1 aromatic rings. The van der Waals surface area contributed by atoms with Crippen LogP contribution >= 0.6 is 11.8 Å². The van der Waals surface area contributed by atoms with Crippen molar-refractivity contribution >= 4 is 11.8 Å². The summed E-state index contributed by atoms with van der Waals surface area (Å²) < 4.78 is 1.99. The number of hydrogen-bond donors (Lipinski definition) is 1. The third-order valence-electron chi connectivity index (χ3n) is 3.40. The molecule has 0 amide bonds. The summed E-state index contributed by atoms with van der Waals surface area (Å²) in [4.78, 5) is 0. The van der Waals surface area contributed by atoms with E-state index in [1.165, 1.54) is 29.3 Å². The fraction of sp³-hybridized carbons (Fsp3) is 0.750. The molecule has 0 aromatic carbocycles. The highest BCUT2D eigenvalue weighted by Crippen LogP contribution is 2.26. The molecule has 3 nitrogen and oxygen atoms in total. The van der Waals surface area contributed by atoms with E-state index in [-0.39, 0.29) is 0 Å². The molecule has 0 bridgehead atoms. The Bertz CT molecular complexity index is 342. The van der Waals surface area contributed by atoms with E-state index in [0.717, 1.165) is 12.8 Å². The third-order valence-corrected chi connectivity index (χ3v) is 4.59. The van der Waals surface area contributed by atoms with Crippen LogP contribution in [0.15, 0.2) is 6.07 Å². The fourth-order valence-corrected chi connectivity index (χ4v) is 3.59. The van der Waals surface area contributed by atoms with E-state index >= 15 is 0 Å². The summed E-state index contributed by atoms with van der Waals surface area (Å²) in [5.41, 5.74) is 8.73. The zero-order valence-corrected chi connectivity index (χ0v) is 11.0. The van der Waals surface area contributed by atoms with Crippen molar-refractivity contribution in [3.05, 3.63) is 17.5 Å². The summed E-state index contributed by atoms with van der Waals surface area (Å²) in [5.74, 6) is 3.22. The van der Waals surface area contributed by atoms with Crippen LogP contribution in [-0.4, -0.2) is 27.3 Å². The minimum absolute atomic E-state index is 0.301. The van der Waals surface area contributed by atoms with Gasteiger partial charge in [-0.1, -0.05) is 6.92 Å². The molecule has 0 spiro atoms. The monoisotopic (exact) mass is 239 g/mol. The fourth-order valence-electron chi connectivity index (χ4n) is 2.23. The van der Waals surface area contributed by atoms with Crippen molar-refractivity contribution < 1.29 is 0 Å². The van der Waals surface area contributed by atoms with E-state index in [1.807, 2.05) is 23.5 Å². The van der Waals surface area contributed by atoms with Gasteiger partial charge in [0.05, 0.1) is 5.69 Å². The van der Waals surface area contributed by atoms with Crippen LogP contribution in [0.1, 0.15) is 24.7 Å². The molecule has 1 fully saturated rings. The Morgan fingerprint density at radius 3 is 3.06 bits per heavy atom. The normalized spacial score (nSPS) is 22.6. The van der Waals surface area contributed by atoms with Crippen LogP contribution in [0.3, 0.4) is 0 Å². The lowest BCUT2D eigenvalue weighted by Gasteiger charge is -2.17. The summed E-state index contributed by atoms with van der Waals surface area (Å²) in [6.45, 7) is 2.14. The maximum atomic E-state index is 6.28. The van der Waals surface area contributed by atoms with Crippen molar-refractivity contribution in [1.82, 2.24) is 9.78 Å². The number of nitrogens with zero attached hydrogens (tertiary/aromatic N) is 2. The van der Waals surface area contributed by atoms with Gasteiger partial charge in [-0.05, 0) is 36.3 Å². The summed E-state index contributed by atoms with van der Waals surface area (Å²) in [5, 5.41) is 4.46. The van der Waals surface area contributed by atoms with Gasteiger partial charge in [-0.25, -0.2) is 0 Å². The highest BCUT2D eigenvalue weighted by molar-refractivity contribution is 7.99. The molecule has 4 heteroatoms. The topological polar surface area (TPSA) is 43.8 Å². The molecule has 2 heterocycles. The van der Waals surface area contributed by atoms with E-state index in [9.17, 15) is 0 Å². The van der Waals surface area contributed by atoms with Crippen LogP contribution in [0.5, 0.6) is 0 Å². The van der Waals surface area contributed by atoms with Crippen molar-refractivity contribution in [2.75, 3.05) is 11.5 Å². The number of aromatic nitrogens is 2. The number of aryl methyl sites for hydroxylation is 2. The molecule has 90 valence electrons. The lowest BCUT2D eigenvalue weighted by molar-refractivity contribution is 0.452. The highest BCUT2D eigenvalue weighted by atomic mass is 32.2. The molecule has 1 aromatic heterocycles. The molecule has 16 heavy (non-hydrogen) atoms. The second-order valence-electron chi connectivity index (χ2n) is 4.60. The van der Waals surface area contributed by atoms with E-state index in [1.54, 1.807) is 0 Å². The third kappa shape index (κ3) is 2.61. The Morgan fingerprint density at radius 2 is 2.50 bits per heavy atom. The minimum Gasteiger partial charge on any atom is -0.327 e. The quantitative estimate of drug-likeness (QED) is 0.868. The van der Waals surface area contributed by atoms with E-state index in [4.69, 9.17) is 5.73 Å². The van der Waals surface area contributed by atoms with Gasteiger partial charge in [-0.3, -0.25) is 4.68 Å². The average molecular weight is 239 g/mol. The summed E-state index contributed by atoms with van der Waals surface area (Å²) >= 11 is 2.03. The number of hydrogen-bond acceptors (Lipinski definition) is 3. The zero-order valence-electron chi connectivity index (χ0n) is 10.1. The van der Waals surface area contributed by atoms with E-state index in [0.29, 0.717) is 12.0 Å². The second kappa shape index (κ2) is 5.23. The van der Waals surface area contributed by atoms with Gasteiger partial charge in [0.25, 0.3) is 0 Å². The minimum atomic E-state index is 0.301. The van der Waals surface area contributed by atoms with Crippen LogP contribution < -0.4 is 5.73 Å². The Hall–Kier alpha value is -0.480. The predicted molar refractivity (Wildman–Crippen MR) is 69.7 cm³/mol. The van der Waals surface area contributed by atoms with E-state index in [2.05, 4.69) is 18.1 Å². The average Bonchev–Trinajstić information content (AvgIpc) is 2.88. The molecule has 2 N–H and O–H groups in total. The summed E-state index contributed by atoms with van der Waals surface area (Å²) in [6.07, 6.45) is 3.25. The Labute approximate surface area is 102 Å². The van der Waals surface area contributed by atoms with Crippen LogP contribution in [0.25, 0.3) is 0 Å². The summed E-state index contributed by atoms with van der Waals surface area (Å²) in [7, 11) is 2.02. The maximum absolute atomic E-state index is 6.28. The molecular weight excluding hydrogens is 218 g/mol. The molecule has 0 aliphatic carbocycles. The van der Waals surface area contributed by atoms with Gasteiger partial charge in [0.15, 0.2) is 0 Å². The maximum Gasteiger partial charge on any atom is 0.0624 e. The molecule has 2 unspecified atom stereocenters. The standard InChI is InChI=1S/C12H21N3S/c1-3-10-6-11(15(2)14-10)7-12(13)9-4-5-16-8-9/h6,9,12H,3-5,7-8,13H2,1-2H3. The zero-order chi connectivity index (χ0) is 11.5. The van der Waals surface area contributed by atoms with Crippen molar-refractivity contribution in [1.29, 1.82) is 0 Å². The van der Waals surface area contributed by atoms with Crippen molar-refractivity contribution in [3.63, 3.8) is 0 Å². The second-order valence-corrected chi connectivity index (χ2v) is 5.75. The first-order chi connectivity index (χ1) is 7.70. The van der Waals surface area contributed by atoms with E-state index < -0.39 is 0 Å². The predicted octanol–water partition coefficient (Wildman–Crippen LogP) is 1.61. The first-order valence-electron chi connectivity index (χ1n) is 6.05. The lowest BCUT2D eigenvalue weighted by Crippen LogP contribution is -2.32. The van der Waals surface area contributed by atoms with Crippen LogP contribution in [0.4, 0.5) is 0 Å². The van der Waals surface area contributed by atoms with Gasteiger partial charge in [0, 0.05) is 25.2 Å². The number of thioether (sulfide) groups is 1. The van der Waals surface area contributed by atoms with Crippen LogP contribution in [0.2, 0.25) is 0 Å². The molecule has 0 radical (unpaired) electrons. The molecule has 2 atom stereocenters. The number of nitrogens with two attached hydrogens (primary N) is 1. The van der Waals surface area contributed by atoms with Crippen molar-refractivity contribution in [3.8, 4) is 0 Å². The van der Waals surface area contributed by atoms with Gasteiger partial charge >= 0.3 is 0 Å². The molecule has 2 rings (SSSR count). The SMILES string of the molecule is CCc1cc(CC(N)C2CCSC2)n(C)n1. The summed E-state index contributed by atoms with van der Waals surface area (Å²) in [6, 6.07) is 2.50. The van der Waals surface area contributed by atoms with Gasteiger partial charge in [0.1, 0.15) is 0 Å². The van der Waals surface area contributed by atoms with Crippen LogP contribution in [0, 0.1) is 5.92 Å². The van der Waals surface area contributed by atoms with Gasteiger partial charge in [-0.2, -0.15) is 16.9 Å². The molecule has 1 saturated heterocycles. The highest BCUT2D eigenvalue weighted by Gasteiger charge is 2.23. The lowest BCUT2D eigenvalue weighted by atomic mass is 9.96. The molecule has 1 aliphatic rings.